The Morgan fingerprint density at radius 2 is 1.59 bits per heavy atom. The summed E-state index contributed by atoms with van der Waals surface area (Å²) in [6.07, 6.45) is 5.03. The van der Waals surface area contributed by atoms with E-state index in [4.69, 9.17) is 9.97 Å². The molecule has 0 bridgehead atoms. The Morgan fingerprint density at radius 3 is 2.22 bits per heavy atom. The van der Waals surface area contributed by atoms with Gasteiger partial charge in [0.25, 0.3) is 0 Å². The van der Waals surface area contributed by atoms with E-state index in [9.17, 15) is 4.79 Å². The van der Waals surface area contributed by atoms with Gasteiger partial charge in [-0.1, -0.05) is 30.3 Å². The van der Waals surface area contributed by atoms with Crippen LogP contribution in [0.1, 0.15) is 41.6 Å². The van der Waals surface area contributed by atoms with Gasteiger partial charge in [0.1, 0.15) is 11.6 Å². The van der Waals surface area contributed by atoms with Crippen molar-refractivity contribution in [3.05, 3.63) is 41.5 Å². The highest BCUT2D eigenvalue weighted by atomic mass is 16.1. The molecule has 2 aromatic rings. The minimum absolute atomic E-state index is 0.102. The molecule has 0 radical (unpaired) electrons. The first-order chi connectivity index (χ1) is 13.3. The van der Waals surface area contributed by atoms with Gasteiger partial charge in [0, 0.05) is 50.8 Å². The molecule has 0 unspecified atom stereocenters. The maximum absolute atomic E-state index is 12.9. The van der Waals surface area contributed by atoms with Crippen LogP contribution >= 0.6 is 0 Å². The second kappa shape index (κ2) is 7.94. The first kappa shape index (κ1) is 17.8. The number of nitrogens with zero attached hydrogens (tertiary/aromatic N) is 4. The van der Waals surface area contributed by atoms with Crippen molar-refractivity contribution in [3.63, 3.8) is 0 Å². The molecule has 27 heavy (non-hydrogen) atoms. The van der Waals surface area contributed by atoms with Crippen molar-refractivity contribution in [1.29, 1.82) is 0 Å². The van der Waals surface area contributed by atoms with Gasteiger partial charge in [-0.25, -0.2) is 0 Å². The largest absolute Gasteiger partial charge is 0.373 e. The third kappa shape index (κ3) is 3.75. The molecule has 3 heterocycles. The lowest BCUT2D eigenvalue weighted by atomic mass is 10.0. The summed E-state index contributed by atoms with van der Waals surface area (Å²) < 4.78 is 0. The Kier molecular flexibility index (Phi) is 5.23. The van der Waals surface area contributed by atoms with Crippen molar-refractivity contribution in [2.45, 2.75) is 32.1 Å². The Balaban J connectivity index is 1.72. The molecular weight excluding hydrogens is 338 g/mol. The van der Waals surface area contributed by atoms with Crippen LogP contribution in [0.15, 0.2) is 30.3 Å². The fourth-order valence-electron chi connectivity index (χ4n) is 3.97. The predicted molar refractivity (Wildman–Crippen MR) is 109 cm³/mol. The average Bonchev–Trinajstić information content (AvgIpc) is 3.43. The monoisotopic (exact) mass is 365 g/mol. The second-order valence-corrected chi connectivity index (χ2v) is 7.28. The van der Waals surface area contributed by atoms with E-state index in [1.165, 1.54) is 25.7 Å². The van der Waals surface area contributed by atoms with Crippen molar-refractivity contribution < 1.29 is 4.79 Å². The summed E-state index contributed by atoms with van der Waals surface area (Å²) in [4.78, 5) is 27.2. The molecule has 4 rings (SSSR count). The number of carbonyl (C=O) groups excluding carboxylic acids is 1. The van der Waals surface area contributed by atoms with Crippen LogP contribution in [-0.2, 0) is 6.42 Å². The van der Waals surface area contributed by atoms with Gasteiger partial charge in [0.2, 0.25) is 5.95 Å². The van der Waals surface area contributed by atoms with Crippen LogP contribution in [-0.4, -0.2) is 49.0 Å². The zero-order chi connectivity index (χ0) is 18.6. The van der Waals surface area contributed by atoms with E-state index >= 15 is 0 Å². The molecule has 0 atom stereocenters. The van der Waals surface area contributed by atoms with E-state index in [1.54, 1.807) is 0 Å². The normalized spacial score (nSPS) is 16.8. The summed E-state index contributed by atoms with van der Waals surface area (Å²) in [6, 6.07) is 9.48. The van der Waals surface area contributed by atoms with E-state index < -0.39 is 0 Å². The van der Waals surface area contributed by atoms with E-state index in [0.29, 0.717) is 6.42 Å². The topological polar surface area (TPSA) is 61.4 Å². The van der Waals surface area contributed by atoms with Crippen LogP contribution in [0.3, 0.4) is 0 Å². The van der Waals surface area contributed by atoms with Crippen LogP contribution in [0, 0.1) is 0 Å². The molecule has 0 amide bonds. The highest BCUT2D eigenvalue weighted by Gasteiger charge is 2.26. The first-order valence-corrected chi connectivity index (χ1v) is 9.93. The molecule has 2 fully saturated rings. The summed E-state index contributed by atoms with van der Waals surface area (Å²) in [5.74, 6) is 2.59. The predicted octanol–water partition coefficient (Wildman–Crippen LogP) is 3.14. The van der Waals surface area contributed by atoms with E-state index in [2.05, 4.69) is 15.1 Å². The quantitative estimate of drug-likeness (QED) is 0.794. The minimum Gasteiger partial charge on any atom is -0.373 e. The van der Waals surface area contributed by atoms with Crippen LogP contribution in [0.25, 0.3) is 0 Å². The second-order valence-electron chi connectivity index (χ2n) is 7.28. The van der Waals surface area contributed by atoms with Gasteiger partial charge in [-0.2, -0.15) is 9.97 Å². The molecule has 6 nitrogen and oxygen atoms in total. The number of hydrogen-bond donors (Lipinski definition) is 1. The van der Waals surface area contributed by atoms with Crippen LogP contribution < -0.4 is 15.1 Å². The van der Waals surface area contributed by atoms with E-state index in [1.807, 2.05) is 37.4 Å². The van der Waals surface area contributed by atoms with Crippen LogP contribution in [0.4, 0.5) is 17.6 Å². The Bertz CT molecular complexity index is 796. The number of benzene rings is 1. The summed E-state index contributed by atoms with van der Waals surface area (Å²) >= 11 is 0. The highest BCUT2D eigenvalue weighted by molar-refractivity contribution is 5.98. The van der Waals surface area contributed by atoms with Gasteiger partial charge in [-0.3, -0.25) is 4.79 Å². The summed E-state index contributed by atoms with van der Waals surface area (Å²) in [5, 5.41) is 3.22. The zero-order valence-corrected chi connectivity index (χ0v) is 15.9. The Morgan fingerprint density at radius 1 is 0.963 bits per heavy atom. The maximum atomic E-state index is 12.9. The lowest BCUT2D eigenvalue weighted by Gasteiger charge is -2.25. The van der Waals surface area contributed by atoms with Crippen molar-refractivity contribution in [2.75, 3.05) is 48.3 Å². The smallest absolute Gasteiger partial charge is 0.229 e. The van der Waals surface area contributed by atoms with Gasteiger partial charge in [0.15, 0.2) is 5.78 Å². The molecular formula is C21H27N5O. The fourth-order valence-corrected chi connectivity index (χ4v) is 3.97. The molecule has 0 saturated carbocycles. The van der Waals surface area contributed by atoms with Crippen LogP contribution in [0.2, 0.25) is 0 Å². The number of aromatic nitrogens is 2. The highest BCUT2D eigenvalue weighted by Crippen LogP contribution is 2.31. The molecule has 1 aromatic carbocycles. The van der Waals surface area contributed by atoms with Crippen molar-refractivity contribution in [2.24, 2.45) is 0 Å². The number of anilines is 3. The summed E-state index contributed by atoms with van der Waals surface area (Å²) in [5.41, 5.74) is 1.65. The fraction of sp³-hybridized carbons (Fsp3) is 0.476. The number of rotatable bonds is 6. The third-order valence-electron chi connectivity index (χ3n) is 5.44. The standard InChI is InChI=1S/C21H27N5O/c1-22-19-17(15-18(27)16-9-3-2-4-10-16)20(25-11-5-6-12-25)24-21(23-19)26-13-7-8-14-26/h2-4,9-10H,5-8,11-15H2,1H3,(H,22,23,24). The lowest BCUT2D eigenvalue weighted by molar-refractivity contribution is 0.0993. The third-order valence-corrected chi connectivity index (χ3v) is 5.44. The Labute approximate surface area is 160 Å². The molecule has 0 spiro atoms. The van der Waals surface area contributed by atoms with Crippen molar-refractivity contribution in [1.82, 2.24) is 9.97 Å². The first-order valence-electron chi connectivity index (χ1n) is 9.93. The van der Waals surface area contributed by atoms with Gasteiger partial charge in [0.05, 0.1) is 0 Å². The van der Waals surface area contributed by atoms with Crippen LogP contribution in [0.5, 0.6) is 0 Å². The number of nitrogens with one attached hydrogen (secondary N) is 1. The number of carbonyl (C=O) groups is 1. The zero-order valence-electron chi connectivity index (χ0n) is 15.9. The van der Waals surface area contributed by atoms with Crippen molar-refractivity contribution >= 4 is 23.4 Å². The average molecular weight is 365 g/mol. The summed E-state index contributed by atoms with van der Waals surface area (Å²) in [7, 11) is 1.88. The molecule has 1 aromatic heterocycles. The van der Waals surface area contributed by atoms with Crippen molar-refractivity contribution in [3.8, 4) is 0 Å². The number of Topliss-reactive ketones (excluding diaryl/α,β-unsaturated/α-hetero) is 1. The maximum Gasteiger partial charge on any atom is 0.229 e. The van der Waals surface area contributed by atoms with Gasteiger partial charge in [-0.15, -0.1) is 0 Å². The summed E-state index contributed by atoms with van der Waals surface area (Å²) in [6.45, 7) is 3.99. The lowest BCUT2D eigenvalue weighted by Crippen LogP contribution is -2.27. The van der Waals surface area contributed by atoms with E-state index in [-0.39, 0.29) is 5.78 Å². The number of ketones is 1. The SMILES string of the molecule is CNc1nc(N2CCCC2)nc(N2CCCC2)c1CC(=O)c1ccccc1. The molecule has 2 aliphatic heterocycles. The molecule has 0 aliphatic carbocycles. The van der Waals surface area contributed by atoms with E-state index in [0.717, 1.165) is 54.9 Å². The Hall–Kier alpha value is -2.63. The molecule has 1 N–H and O–H groups in total. The molecule has 2 saturated heterocycles. The molecule has 6 heteroatoms. The van der Waals surface area contributed by atoms with Gasteiger partial charge < -0.3 is 15.1 Å². The van der Waals surface area contributed by atoms with Gasteiger partial charge >= 0.3 is 0 Å². The molecule has 2 aliphatic rings. The molecule has 142 valence electrons. The minimum atomic E-state index is 0.102. The number of hydrogen-bond acceptors (Lipinski definition) is 6. The van der Waals surface area contributed by atoms with Gasteiger partial charge in [-0.05, 0) is 25.7 Å².